The monoisotopic (exact) mass is 243 g/mol. The lowest BCUT2D eigenvalue weighted by atomic mass is 9.90. The predicted octanol–water partition coefficient (Wildman–Crippen LogP) is 0.981. The summed E-state index contributed by atoms with van der Waals surface area (Å²) in [6.45, 7) is 6.93. The first-order valence-electron chi connectivity index (χ1n) is 6.08. The average Bonchev–Trinajstić information content (AvgIpc) is 2.27. The summed E-state index contributed by atoms with van der Waals surface area (Å²) in [5, 5.41) is 9.03. The highest BCUT2D eigenvalue weighted by Gasteiger charge is 2.33. The maximum atomic E-state index is 12.0. The minimum absolute atomic E-state index is 0.107. The number of nitrogens with zero attached hydrogens (tertiary/aromatic N) is 1. The third kappa shape index (κ3) is 3.70. The van der Waals surface area contributed by atoms with E-state index >= 15 is 0 Å². The van der Waals surface area contributed by atoms with Crippen LogP contribution in [0.1, 0.15) is 27.2 Å². The molecule has 98 valence electrons. The van der Waals surface area contributed by atoms with Gasteiger partial charge in [-0.3, -0.25) is 9.59 Å². The lowest BCUT2D eigenvalue weighted by Crippen LogP contribution is -2.49. The zero-order chi connectivity index (χ0) is 13.0. The van der Waals surface area contributed by atoms with E-state index in [0.29, 0.717) is 26.1 Å². The third-order valence-electron chi connectivity index (χ3n) is 3.09. The van der Waals surface area contributed by atoms with Crippen LogP contribution in [0.2, 0.25) is 0 Å². The van der Waals surface area contributed by atoms with Crippen LogP contribution in [-0.4, -0.2) is 47.7 Å². The van der Waals surface area contributed by atoms with Gasteiger partial charge in [0.25, 0.3) is 5.91 Å². The molecular formula is C12H21NO4. The van der Waals surface area contributed by atoms with E-state index in [1.807, 2.05) is 13.8 Å². The van der Waals surface area contributed by atoms with E-state index in [2.05, 4.69) is 0 Å². The summed E-state index contributed by atoms with van der Waals surface area (Å²) in [5.74, 6) is -1.15. The molecule has 17 heavy (non-hydrogen) atoms. The largest absolute Gasteiger partial charge is 0.481 e. The van der Waals surface area contributed by atoms with Gasteiger partial charge in [-0.05, 0) is 26.2 Å². The van der Waals surface area contributed by atoms with E-state index in [1.54, 1.807) is 11.8 Å². The Kier molecular flexibility index (Phi) is 4.93. The Morgan fingerprint density at radius 1 is 1.47 bits per heavy atom. The highest BCUT2D eigenvalue weighted by molar-refractivity contribution is 5.81. The Bertz CT molecular complexity index is 292. The highest BCUT2D eigenvalue weighted by atomic mass is 16.5. The molecule has 0 aromatic rings. The summed E-state index contributed by atoms with van der Waals surface area (Å²) < 4.78 is 5.25. The molecule has 1 saturated heterocycles. The Morgan fingerprint density at radius 3 is 2.65 bits per heavy atom. The van der Waals surface area contributed by atoms with Crippen LogP contribution in [0.25, 0.3) is 0 Å². The summed E-state index contributed by atoms with van der Waals surface area (Å²) in [7, 11) is 0. The number of likely N-dealkylation sites (tertiary alicyclic amines) is 1. The number of carboxylic acids is 1. The number of ether oxygens (including phenoxy) is 1. The number of hydrogen-bond acceptors (Lipinski definition) is 3. The first-order chi connectivity index (χ1) is 7.95. The molecule has 0 aromatic heterocycles. The molecule has 3 unspecified atom stereocenters. The van der Waals surface area contributed by atoms with Gasteiger partial charge in [0.05, 0.1) is 5.92 Å². The van der Waals surface area contributed by atoms with E-state index < -0.39 is 18.0 Å². The van der Waals surface area contributed by atoms with Gasteiger partial charge in [0.15, 0.2) is 0 Å². The zero-order valence-corrected chi connectivity index (χ0v) is 10.7. The topological polar surface area (TPSA) is 66.8 Å². The second-order valence-electron chi connectivity index (χ2n) is 4.72. The van der Waals surface area contributed by atoms with Gasteiger partial charge in [-0.2, -0.15) is 0 Å². The van der Waals surface area contributed by atoms with Crippen LogP contribution in [0.4, 0.5) is 0 Å². The minimum atomic E-state index is -0.821. The van der Waals surface area contributed by atoms with Gasteiger partial charge in [0.1, 0.15) is 6.10 Å². The number of carboxylic acid groups (broad SMARTS) is 1. The molecule has 1 amide bonds. The van der Waals surface area contributed by atoms with Crippen molar-refractivity contribution >= 4 is 11.9 Å². The molecule has 5 nitrogen and oxygen atoms in total. The third-order valence-corrected chi connectivity index (χ3v) is 3.09. The molecule has 0 aliphatic carbocycles. The second kappa shape index (κ2) is 6.00. The number of aliphatic carboxylic acids is 1. The Labute approximate surface area is 102 Å². The molecule has 0 spiro atoms. The highest BCUT2D eigenvalue weighted by Crippen LogP contribution is 2.22. The SMILES string of the molecule is CCOC(C)C(=O)N1CC(C)CC(C(=O)O)C1. The molecule has 1 fully saturated rings. The second-order valence-corrected chi connectivity index (χ2v) is 4.72. The Morgan fingerprint density at radius 2 is 2.12 bits per heavy atom. The Balaban J connectivity index is 2.63. The van der Waals surface area contributed by atoms with E-state index in [0.717, 1.165) is 0 Å². The smallest absolute Gasteiger partial charge is 0.308 e. The lowest BCUT2D eigenvalue weighted by Gasteiger charge is -2.35. The van der Waals surface area contributed by atoms with Crippen molar-refractivity contribution in [2.75, 3.05) is 19.7 Å². The van der Waals surface area contributed by atoms with Crippen molar-refractivity contribution in [3.05, 3.63) is 0 Å². The van der Waals surface area contributed by atoms with Crippen molar-refractivity contribution in [2.24, 2.45) is 11.8 Å². The van der Waals surface area contributed by atoms with Crippen molar-refractivity contribution < 1.29 is 19.4 Å². The van der Waals surface area contributed by atoms with Gasteiger partial charge >= 0.3 is 5.97 Å². The Hall–Kier alpha value is -1.10. The van der Waals surface area contributed by atoms with E-state index in [-0.39, 0.29) is 11.8 Å². The van der Waals surface area contributed by atoms with Crippen molar-refractivity contribution in [1.82, 2.24) is 4.90 Å². The van der Waals surface area contributed by atoms with Gasteiger partial charge in [0.2, 0.25) is 0 Å². The molecule has 5 heteroatoms. The summed E-state index contributed by atoms with van der Waals surface area (Å²) in [5.41, 5.74) is 0. The normalized spacial score (nSPS) is 26.6. The van der Waals surface area contributed by atoms with Gasteiger partial charge in [0, 0.05) is 19.7 Å². The van der Waals surface area contributed by atoms with Crippen LogP contribution in [0.5, 0.6) is 0 Å². The molecule has 0 saturated carbocycles. The van der Waals surface area contributed by atoms with Crippen LogP contribution < -0.4 is 0 Å². The van der Waals surface area contributed by atoms with E-state index in [1.165, 1.54) is 0 Å². The molecule has 1 N–H and O–H groups in total. The predicted molar refractivity (Wildman–Crippen MR) is 62.6 cm³/mol. The van der Waals surface area contributed by atoms with Crippen molar-refractivity contribution in [1.29, 1.82) is 0 Å². The lowest BCUT2D eigenvalue weighted by molar-refractivity contribution is -0.151. The first kappa shape index (κ1) is 14.0. The average molecular weight is 243 g/mol. The summed E-state index contributed by atoms with van der Waals surface area (Å²) in [6.07, 6.45) is 0.155. The van der Waals surface area contributed by atoms with E-state index in [9.17, 15) is 9.59 Å². The molecule has 0 radical (unpaired) electrons. The van der Waals surface area contributed by atoms with Gasteiger partial charge in [-0.15, -0.1) is 0 Å². The molecule has 1 heterocycles. The summed E-state index contributed by atoms with van der Waals surface area (Å²) in [6, 6.07) is 0. The van der Waals surface area contributed by atoms with Crippen LogP contribution >= 0.6 is 0 Å². The van der Waals surface area contributed by atoms with Crippen LogP contribution in [-0.2, 0) is 14.3 Å². The fourth-order valence-electron chi connectivity index (χ4n) is 2.29. The summed E-state index contributed by atoms with van der Waals surface area (Å²) >= 11 is 0. The van der Waals surface area contributed by atoms with Gasteiger partial charge < -0.3 is 14.7 Å². The molecule has 0 bridgehead atoms. The maximum Gasteiger partial charge on any atom is 0.308 e. The van der Waals surface area contributed by atoms with Crippen molar-refractivity contribution in [2.45, 2.75) is 33.3 Å². The van der Waals surface area contributed by atoms with Crippen molar-refractivity contribution in [3.8, 4) is 0 Å². The fourth-order valence-corrected chi connectivity index (χ4v) is 2.29. The van der Waals surface area contributed by atoms with E-state index in [4.69, 9.17) is 9.84 Å². The minimum Gasteiger partial charge on any atom is -0.481 e. The molecule has 1 aliphatic rings. The number of piperidine rings is 1. The number of carbonyl (C=O) groups excluding carboxylic acids is 1. The molecule has 1 rings (SSSR count). The zero-order valence-electron chi connectivity index (χ0n) is 10.7. The van der Waals surface area contributed by atoms with Gasteiger partial charge in [-0.25, -0.2) is 0 Å². The molecule has 0 aromatic carbocycles. The quantitative estimate of drug-likeness (QED) is 0.799. The maximum absolute atomic E-state index is 12.0. The number of amides is 1. The molecule has 3 atom stereocenters. The summed E-state index contributed by atoms with van der Waals surface area (Å²) in [4.78, 5) is 24.6. The first-order valence-corrected chi connectivity index (χ1v) is 6.08. The molecular weight excluding hydrogens is 222 g/mol. The van der Waals surface area contributed by atoms with Gasteiger partial charge in [-0.1, -0.05) is 6.92 Å². The number of hydrogen-bond donors (Lipinski definition) is 1. The van der Waals surface area contributed by atoms with Crippen LogP contribution in [0.3, 0.4) is 0 Å². The fraction of sp³-hybridized carbons (Fsp3) is 0.833. The number of rotatable bonds is 4. The van der Waals surface area contributed by atoms with Crippen LogP contribution in [0, 0.1) is 11.8 Å². The van der Waals surface area contributed by atoms with Crippen molar-refractivity contribution in [3.63, 3.8) is 0 Å². The molecule has 1 aliphatic heterocycles. The van der Waals surface area contributed by atoms with Crippen LogP contribution in [0.15, 0.2) is 0 Å². The number of carbonyl (C=O) groups is 2. The standard InChI is InChI=1S/C12H21NO4/c1-4-17-9(3)11(14)13-6-8(2)5-10(7-13)12(15)16/h8-10H,4-7H2,1-3H3,(H,15,16).